The van der Waals surface area contributed by atoms with Crippen LogP contribution in [-0.2, 0) is 7.05 Å². The Balaban J connectivity index is 1.94. The summed E-state index contributed by atoms with van der Waals surface area (Å²) >= 11 is 0. The van der Waals surface area contributed by atoms with Crippen molar-refractivity contribution >= 4 is 5.82 Å². The summed E-state index contributed by atoms with van der Waals surface area (Å²) in [5, 5.41) is 3.38. The zero-order valence-corrected chi connectivity index (χ0v) is 13.3. The standard InChI is InChI=1S/C16H20N4O3/c1-19-10-13(23-2)15(21)20(16(19)22)12-7-8-14(17-9-12)18-11-5-3-4-6-11/h7-11H,3-6H2,1-2H3,(H,17,18). The maximum atomic E-state index is 12.3. The molecule has 0 spiro atoms. The van der Waals surface area contributed by atoms with Crippen LogP contribution in [0.1, 0.15) is 25.7 Å². The fraction of sp³-hybridized carbons (Fsp3) is 0.438. The maximum absolute atomic E-state index is 12.3. The molecule has 1 N–H and O–H groups in total. The number of anilines is 1. The van der Waals surface area contributed by atoms with Crippen molar-refractivity contribution < 1.29 is 4.74 Å². The van der Waals surface area contributed by atoms with Crippen LogP contribution in [0.3, 0.4) is 0 Å². The Kier molecular flexibility index (Phi) is 4.18. The predicted molar refractivity (Wildman–Crippen MR) is 87.5 cm³/mol. The van der Waals surface area contributed by atoms with E-state index >= 15 is 0 Å². The van der Waals surface area contributed by atoms with Crippen molar-refractivity contribution in [3.8, 4) is 11.4 Å². The van der Waals surface area contributed by atoms with Gasteiger partial charge in [0.1, 0.15) is 5.82 Å². The van der Waals surface area contributed by atoms with Crippen molar-refractivity contribution in [2.45, 2.75) is 31.7 Å². The topological polar surface area (TPSA) is 78.2 Å². The van der Waals surface area contributed by atoms with Crippen molar-refractivity contribution in [2.75, 3.05) is 12.4 Å². The van der Waals surface area contributed by atoms with Gasteiger partial charge in [0.2, 0.25) is 5.75 Å². The lowest BCUT2D eigenvalue weighted by atomic mass is 10.2. The highest BCUT2D eigenvalue weighted by Crippen LogP contribution is 2.21. The molecular formula is C16H20N4O3. The monoisotopic (exact) mass is 316 g/mol. The van der Waals surface area contributed by atoms with E-state index in [0.29, 0.717) is 11.7 Å². The highest BCUT2D eigenvalue weighted by atomic mass is 16.5. The van der Waals surface area contributed by atoms with Crippen molar-refractivity contribution in [1.82, 2.24) is 14.1 Å². The van der Waals surface area contributed by atoms with E-state index in [4.69, 9.17) is 4.74 Å². The van der Waals surface area contributed by atoms with Crippen LogP contribution in [0.25, 0.3) is 5.69 Å². The Morgan fingerprint density at radius 3 is 2.61 bits per heavy atom. The second-order valence-corrected chi connectivity index (χ2v) is 5.76. The molecule has 0 radical (unpaired) electrons. The van der Waals surface area contributed by atoms with E-state index in [0.717, 1.165) is 23.2 Å². The predicted octanol–water partition coefficient (Wildman–Crippen LogP) is 1.29. The second kappa shape index (κ2) is 6.28. The number of hydrogen-bond donors (Lipinski definition) is 1. The van der Waals surface area contributed by atoms with Crippen LogP contribution in [0, 0.1) is 0 Å². The maximum Gasteiger partial charge on any atom is 0.335 e. The first-order valence-corrected chi connectivity index (χ1v) is 7.70. The van der Waals surface area contributed by atoms with Gasteiger partial charge in [-0.2, -0.15) is 0 Å². The first-order chi connectivity index (χ1) is 11.1. The molecule has 2 heterocycles. The number of rotatable bonds is 4. The summed E-state index contributed by atoms with van der Waals surface area (Å²) in [5.74, 6) is 0.869. The molecule has 1 aliphatic carbocycles. The Morgan fingerprint density at radius 2 is 2.00 bits per heavy atom. The van der Waals surface area contributed by atoms with Crippen LogP contribution in [0.2, 0.25) is 0 Å². The molecule has 1 fully saturated rings. The summed E-state index contributed by atoms with van der Waals surface area (Å²) in [6, 6.07) is 3.96. The molecule has 3 rings (SSSR count). The quantitative estimate of drug-likeness (QED) is 0.920. The molecule has 0 atom stereocenters. The number of nitrogens with zero attached hydrogens (tertiary/aromatic N) is 3. The van der Waals surface area contributed by atoms with Gasteiger partial charge in [0, 0.05) is 13.1 Å². The van der Waals surface area contributed by atoms with Gasteiger partial charge >= 0.3 is 11.2 Å². The minimum Gasteiger partial charge on any atom is -0.490 e. The Bertz CT molecular complexity index is 802. The average molecular weight is 316 g/mol. The van der Waals surface area contributed by atoms with Crippen LogP contribution in [-0.4, -0.2) is 27.3 Å². The van der Waals surface area contributed by atoms with E-state index in [-0.39, 0.29) is 5.75 Å². The van der Waals surface area contributed by atoms with Gasteiger partial charge in [-0.15, -0.1) is 0 Å². The summed E-state index contributed by atoms with van der Waals surface area (Å²) in [6.07, 6.45) is 7.69. The van der Waals surface area contributed by atoms with Gasteiger partial charge in [-0.25, -0.2) is 14.3 Å². The van der Waals surface area contributed by atoms with Crippen LogP contribution in [0.4, 0.5) is 5.82 Å². The molecule has 1 aliphatic rings. The van der Waals surface area contributed by atoms with E-state index in [9.17, 15) is 9.59 Å². The molecule has 0 amide bonds. The summed E-state index contributed by atoms with van der Waals surface area (Å²) in [6.45, 7) is 0. The van der Waals surface area contributed by atoms with Gasteiger partial charge in [0.15, 0.2) is 0 Å². The van der Waals surface area contributed by atoms with Crippen LogP contribution in [0.15, 0.2) is 34.1 Å². The van der Waals surface area contributed by atoms with E-state index in [2.05, 4.69) is 10.3 Å². The lowest BCUT2D eigenvalue weighted by Crippen LogP contribution is -2.37. The fourth-order valence-electron chi connectivity index (χ4n) is 2.89. The third kappa shape index (κ3) is 2.99. The number of aryl methyl sites for hydroxylation is 1. The molecular weight excluding hydrogens is 296 g/mol. The summed E-state index contributed by atoms with van der Waals surface area (Å²) < 4.78 is 7.40. The third-order valence-corrected chi connectivity index (χ3v) is 4.15. The van der Waals surface area contributed by atoms with E-state index < -0.39 is 11.2 Å². The molecule has 1 saturated carbocycles. The molecule has 0 saturated heterocycles. The van der Waals surface area contributed by atoms with Crippen LogP contribution >= 0.6 is 0 Å². The largest absolute Gasteiger partial charge is 0.490 e. The lowest BCUT2D eigenvalue weighted by molar-refractivity contribution is 0.398. The van der Waals surface area contributed by atoms with Crippen molar-refractivity contribution in [3.63, 3.8) is 0 Å². The molecule has 0 bridgehead atoms. The van der Waals surface area contributed by atoms with E-state index in [1.54, 1.807) is 19.2 Å². The van der Waals surface area contributed by atoms with Gasteiger partial charge in [-0.1, -0.05) is 12.8 Å². The highest BCUT2D eigenvalue weighted by molar-refractivity contribution is 5.42. The molecule has 0 aromatic carbocycles. The summed E-state index contributed by atoms with van der Waals surface area (Å²) in [7, 11) is 2.97. The zero-order valence-electron chi connectivity index (χ0n) is 13.3. The Labute approximate surface area is 133 Å². The van der Waals surface area contributed by atoms with Crippen molar-refractivity contribution in [1.29, 1.82) is 0 Å². The normalized spacial score (nSPS) is 14.9. The first-order valence-electron chi connectivity index (χ1n) is 7.70. The van der Waals surface area contributed by atoms with E-state index in [1.165, 1.54) is 36.9 Å². The van der Waals surface area contributed by atoms with Crippen molar-refractivity contribution in [3.05, 3.63) is 45.4 Å². The number of hydrogen-bond acceptors (Lipinski definition) is 5. The van der Waals surface area contributed by atoms with Gasteiger partial charge in [-0.05, 0) is 25.0 Å². The van der Waals surface area contributed by atoms with Gasteiger partial charge in [0.25, 0.3) is 0 Å². The molecule has 7 heteroatoms. The molecule has 122 valence electrons. The van der Waals surface area contributed by atoms with Crippen molar-refractivity contribution in [2.24, 2.45) is 7.05 Å². The number of pyridine rings is 1. The molecule has 7 nitrogen and oxygen atoms in total. The van der Waals surface area contributed by atoms with Gasteiger partial charge in [-0.3, -0.25) is 9.36 Å². The third-order valence-electron chi connectivity index (χ3n) is 4.15. The van der Waals surface area contributed by atoms with E-state index in [1.807, 2.05) is 0 Å². The molecule has 0 unspecified atom stereocenters. The van der Waals surface area contributed by atoms with Gasteiger partial charge in [0.05, 0.1) is 25.2 Å². The van der Waals surface area contributed by atoms with Crippen LogP contribution in [0.5, 0.6) is 5.75 Å². The summed E-state index contributed by atoms with van der Waals surface area (Å²) in [5.41, 5.74) is -0.505. The SMILES string of the molecule is COc1cn(C)c(=O)n(-c2ccc(NC3CCCC3)nc2)c1=O. The number of methoxy groups -OCH3 is 1. The number of ether oxygens (including phenoxy) is 1. The molecule has 0 aliphatic heterocycles. The Hall–Kier alpha value is -2.57. The number of nitrogens with one attached hydrogen (secondary N) is 1. The first kappa shape index (κ1) is 15.3. The lowest BCUT2D eigenvalue weighted by Gasteiger charge is -2.13. The number of aromatic nitrogens is 3. The smallest absolute Gasteiger partial charge is 0.335 e. The summed E-state index contributed by atoms with van der Waals surface area (Å²) in [4.78, 5) is 28.9. The van der Waals surface area contributed by atoms with Gasteiger partial charge < -0.3 is 10.1 Å². The zero-order chi connectivity index (χ0) is 16.4. The average Bonchev–Trinajstić information content (AvgIpc) is 3.05. The molecule has 2 aromatic rings. The minimum absolute atomic E-state index is 0.111. The second-order valence-electron chi connectivity index (χ2n) is 5.76. The molecule has 2 aromatic heterocycles. The minimum atomic E-state index is -0.492. The Morgan fingerprint density at radius 1 is 1.26 bits per heavy atom. The molecule has 23 heavy (non-hydrogen) atoms. The highest BCUT2D eigenvalue weighted by Gasteiger charge is 2.16. The van der Waals surface area contributed by atoms with Crippen LogP contribution < -0.4 is 21.3 Å². The fourth-order valence-corrected chi connectivity index (χ4v) is 2.89.